The summed E-state index contributed by atoms with van der Waals surface area (Å²) in [6.07, 6.45) is 1.31. The molecule has 1 aliphatic rings. The number of fused-ring (bicyclic) bond motifs is 1. The molecule has 2 N–H and O–H groups in total. The minimum absolute atomic E-state index is 0.0221. The summed E-state index contributed by atoms with van der Waals surface area (Å²) in [6.45, 7) is 4.07. The number of H-pyrrole nitrogens is 1. The van der Waals surface area contributed by atoms with Crippen LogP contribution in [0.3, 0.4) is 0 Å². The highest BCUT2D eigenvalue weighted by Gasteiger charge is 2.19. The van der Waals surface area contributed by atoms with Crippen molar-refractivity contribution in [3.63, 3.8) is 0 Å². The first-order valence-electron chi connectivity index (χ1n) is 10.5. The molecule has 1 aliphatic heterocycles. The molecule has 32 heavy (non-hydrogen) atoms. The van der Waals surface area contributed by atoms with Gasteiger partial charge in [0.1, 0.15) is 0 Å². The molecule has 2 aromatic carbocycles. The molecule has 2 heterocycles. The zero-order valence-electron chi connectivity index (χ0n) is 18.2. The molecule has 1 aromatic heterocycles. The number of amides is 2. The second-order valence-electron chi connectivity index (χ2n) is 7.96. The second kappa shape index (κ2) is 9.29. The van der Waals surface area contributed by atoms with Crippen LogP contribution in [0.15, 0.2) is 53.6 Å². The first-order chi connectivity index (χ1) is 15.4. The molecule has 0 aliphatic carbocycles. The lowest BCUT2D eigenvalue weighted by Gasteiger charge is -2.32. The second-order valence-corrected chi connectivity index (χ2v) is 7.96. The lowest BCUT2D eigenvalue weighted by molar-refractivity contribution is -0.119. The van der Waals surface area contributed by atoms with Crippen LogP contribution in [0.5, 0.6) is 0 Å². The molecule has 1 saturated heterocycles. The predicted molar refractivity (Wildman–Crippen MR) is 124 cm³/mol. The van der Waals surface area contributed by atoms with Gasteiger partial charge in [-0.25, -0.2) is 4.98 Å². The van der Waals surface area contributed by atoms with Crippen molar-refractivity contribution in [2.75, 3.05) is 57.0 Å². The van der Waals surface area contributed by atoms with Gasteiger partial charge in [0.05, 0.1) is 29.3 Å². The lowest BCUT2D eigenvalue weighted by atomic mass is 10.1. The Morgan fingerprint density at radius 2 is 1.81 bits per heavy atom. The number of benzene rings is 2. The zero-order chi connectivity index (χ0) is 22.7. The summed E-state index contributed by atoms with van der Waals surface area (Å²) in [5.74, 6) is -0.379. The molecule has 9 heteroatoms. The van der Waals surface area contributed by atoms with Gasteiger partial charge in [0.15, 0.2) is 0 Å². The summed E-state index contributed by atoms with van der Waals surface area (Å²) in [6, 6.07) is 12.0. The van der Waals surface area contributed by atoms with Crippen LogP contribution in [0.2, 0.25) is 0 Å². The van der Waals surface area contributed by atoms with Crippen molar-refractivity contribution in [2.24, 2.45) is 0 Å². The summed E-state index contributed by atoms with van der Waals surface area (Å²) in [5, 5.41) is 3.06. The average Bonchev–Trinajstić information content (AvgIpc) is 2.80. The largest absolute Gasteiger partial charge is 0.322 e. The maximum atomic E-state index is 12.8. The Morgan fingerprint density at radius 3 is 2.53 bits per heavy atom. The van der Waals surface area contributed by atoms with Crippen LogP contribution in [0, 0.1) is 0 Å². The molecule has 1 fully saturated rings. The van der Waals surface area contributed by atoms with Gasteiger partial charge in [0, 0.05) is 44.6 Å². The number of rotatable bonds is 5. The number of aromatic amines is 1. The SMILES string of the molecule is CN1CCN(CC(=O)N(C)c2ccc(NC(=O)c3cccc4nc[nH]c(=O)c34)cc2)CC1. The van der Waals surface area contributed by atoms with E-state index in [4.69, 9.17) is 0 Å². The van der Waals surface area contributed by atoms with E-state index in [0.717, 1.165) is 31.9 Å². The van der Waals surface area contributed by atoms with E-state index in [1.807, 2.05) is 0 Å². The van der Waals surface area contributed by atoms with E-state index in [-0.39, 0.29) is 22.4 Å². The molecule has 2 amide bonds. The molecule has 0 radical (unpaired) electrons. The summed E-state index contributed by atoms with van der Waals surface area (Å²) < 4.78 is 0. The number of hydrogen-bond donors (Lipinski definition) is 2. The Hall–Kier alpha value is -3.56. The van der Waals surface area contributed by atoms with Crippen LogP contribution in [-0.4, -0.2) is 78.4 Å². The molecule has 166 valence electrons. The van der Waals surface area contributed by atoms with Gasteiger partial charge in [-0.1, -0.05) is 6.07 Å². The molecule has 0 bridgehead atoms. The number of carbonyl (C=O) groups is 2. The van der Waals surface area contributed by atoms with Crippen LogP contribution in [0.25, 0.3) is 10.9 Å². The molecule has 4 rings (SSSR count). The molecular weight excluding hydrogens is 408 g/mol. The third kappa shape index (κ3) is 4.68. The molecule has 3 aromatic rings. The highest BCUT2D eigenvalue weighted by atomic mass is 16.2. The Bertz CT molecular complexity index is 1180. The Labute approximate surface area is 185 Å². The lowest BCUT2D eigenvalue weighted by Crippen LogP contribution is -2.48. The summed E-state index contributed by atoms with van der Waals surface area (Å²) in [4.78, 5) is 50.3. The van der Waals surface area contributed by atoms with E-state index < -0.39 is 5.91 Å². The van der Waals surface area contributed by atoms with Crippen LogP contribution in [-0.2, 0) is 4.79 Å². The van der Waals surface area contributed by atoms with E-state index in [1.54, 1.807) is 54.4 Å². The van der Waals surface area contributed by atoms with E-state index in [1.165, 1.54) is 6.33 Å². The van der Waals surface area contributed by atoms with Crippen LogP contribution in [0.1, 0.15) is 10.4 Å². The van der Waals surface area contributed by atoms with Crippen LogP contribution >= 0.6 is 0 Å². The third-order valence-electron chi connectivity index (χ3n) is 5.75. The summed E-state index contributed by atoms with van der Waals surface area (Å²) in [7, 11) is 3.84. The van der Waals surface area contributed by atoms with Crippen molar-refractivity contribution in [3.05, 3.63) is 64.7 Å². The van der Waals surface area contributed by atoms with Gasteiger partial charge >= 0.3 is 0 Å². The fourth-order valence-corrected chi connectivity index (χ4v) is 3.72. The smallest absolute Gasteiger partial charge is 0.259 e. The van der Waals surface area contributed by atoms with Crippen molar-refractivity contribution in [2.45, 2.75) is 0 Å². The first-order valence-corrected chi connectivity index (χ1v) is 10.5. The van der Waals surface area contributed by atoms with E-state index >= 15 is 0 Å². The molecule has 0 spiro atoms. The van der Waals surface area contributed by atoms with Crippen LogP contribution in [0.4, 0.5) is 11.4 Å². The normalized spacial score (nSPS) is 14.9. The minimum atomic E-state index is -0.402. The van der Waals surface area contributed by atoms with Gasteiger partial charge < -0.3 is 20.1 Å². The van der Waals surface area contributed by atoms with Gasteiger partial charge in [-0.2, -0.15) is 0 Å². The Morgan fingerprint density at radius 1 is 1.09 bits per heavy atom. The van der Waals surface area contributed by atoms with E-state index in [9.17, 15) is 14.4 Å². The highest BCUT2D eigenvalue weighted by molar-refractivity contribution is 6.12. The number of anilines is 2. The van der Waals surface area contributed by atoms with Gasteiger partial charge in [-0.3, -0.25) is 19.3 Å². The van der Waals surface area contributed by atoms with Crippen LogP contribution < -0.4 is 15.8 Å². The van der Waals surface area contributed by atoms with Crippen molar-refractivity contribution in [3.8, 4) is 0 Å². The monoisotopic (exact) mass is 434 g/mol. The maximum Gasteiger partial charge on any atom is 0.259 e. The first kappa shape index (κ1) is 21.7. The average molecular weight is 435 g/mol. The van der Waals surface area contributed by atoms with E-state index in [0.29, 0.717) is 17.7 Å². The fourth-order valence-electron chi connectivity index (χ4n) is 3.72. The van der Waals surface area contributed by atoms with Gasteiger partial charge in [0.2, 0.25) is 5.91 Å². The maximum absolute atomic E-state index is 12.8. The number of carbonyl (C=O) groups excluding carboxylic acids is 2. The number of piperazine rings is 1. The zero-order valence-corrected chi connectivity index (χ0v) is 18.2. The number of nitrogens with zero attached hydrogens (tertiary/aromatic N) is 4. The van der Waals surface area contributed by atoms with Gasteiger partial charge in [-0.15, -0.1) is 0 Å². The minimum Gasteiger partial charge on any atom is -0.322 e. The van der Waals surface area contributed by atoms with Gasteiger partial charge in [0.25, 0.3) is 11.5 Å². The van der Waals surface area contributed by atoms with Crippen molar-refractivity contribution in [1.29, 1.82) is 0 Å². The standard InChI is InChI=1S/C23H26N6O3/c1-27-10-12-29(13-11-27)14-20(30)28(2)17-8-6-16(7-9-17)26-22(31)18-4-3-5-19-21(18)23(32)25-15-24-19/h3-9,15H,10-14H2,1-2H3,(H,26,31)(H,24,25,32). The Kier molecular flexibility index (Phi) is 6.29. The quantitative estimate of drug-likeness (QED) is 0.629. The van der Waals surface area contributed by atoms with Gasteiger partial charge in [-0.05, 0) is 43.4 Å². The molecule has 0 unspecified atom stereocenters. The predicted octanol–water partition coefficient (Wildman–Crippen LogP) is 1.39. The van der Waals surface area contributed by atoms with Crippen molar-refractivity contribution >= 4 is 34.1 Å². The number of nitrogens with one attached hydrogen (secondary N) is 2. The topological polar surface area (TPSA) is 102 Å². The van der Waals surface area contributed by atoms with Crippen molar-refractivity contribution < 1.29 is 9.59 Å². The molecule has 0 saturated carbocycles. The highest BCUT2D eigenvalue weighted by Crippen LogP contribution is 2.19. The summed E-state index contributed by atoms with van der Waals surface area (Å²) >= 11 is 0. The van der Waals surface area contributed by atoms with Crippen molar-refractivity contribution in [1.82, 2.24) is 19.8 Å². The molecule has 0 atom stereocenters. The molecule has 9 nitrogen and oxygen atoms in total. The molecular formula is C23H26N6O3. The summed E-state index contributed by atoms with van der Waals surface area (Å²) in [5.41, 5.74) is 1.65. The fraction of sp³-hybridized carbons (Fsp3) is 0.304. The number of likely N-dealkylation sites (N-methyl/N-ethyl adjacent to an activating group) is 2. The Balaban J connectivity index is 1.42. The number of aromatic nitrogens is 2. The third-order valence-corrected chi connectivity index (χ3v) is 5.75. The number of hydrogen-bond acceptors (Lipinski definition) is 6. The van der Waals surface area contributed by atoms with E-state index in [2.05, 4.69) is 32.1 Å².